The van der Waals surface area contributed by atoms with Crippen molar-refractivity contribution in [2.45, 2.75) is 13.3 Å². The molecule has 10 nitrogen and oxygen atoms in total. The third-order valence-electron chi connectivity index (χ3n) is 7.66. The van der Waals surface area contributed by atoms with Crippen molar-refractivity contribution in [1.29, 1.82) is 0 Å². The van der Waals surface area contributed by atoms with Crippen LogP contribution in [0, 0.1) is 6.92 Å². The number of aromatic nitrogens is 4. The van der Waals surface area contributed by atoms with Gasteiger partial charge in [-0.3, -0.25) is 9.20 Å². The van der Waals surface area contributed by atoms with Gasteiger partial charge < -0.3 is 24.4 Å². The number of methoxy groups -OCH3 is 2. The number of hydrogen-bond acceptors (Lipinski definition) is 9. The average Bonchev–Trinajstić information content (AvgIpc) is 3.54. The van der Waals surface area contributed by atoms with Crippen LogP contribution in [0.2, 0.25) is 10.0 Å². The minimum atomic E-state index is -0.0802. The fourth-order valence-corrected chi connectivity index (χ4v) is 6.17. The molecule has 4 heterocycles. The highest BCUT2D eigenvalue weighted by atomic mass is 35.5. The quantitative estimate of drug-likeness (QED) is 0.183. The number of anilines is 3. The highest BCUT2D eigenvalue weighted by Gasteiger charge is 2.23. The van der Waals surface area contributed by atoms with E-state index in [4.69, 9.17) is 42.4 Å². The molecule has 0 atom stereocenters. The number of hydrogen-bond donors (Lipinski definition) is 1. The number of nitrogens with one attached hydrogen (secondary N) is 1. The largest absolute Gasteiger partial charge is 0.495 e. The first-order valence-corrected chi connectivity index (χ1v) is 14.7. The summed E-state index contributed by atoms with van der Waals surface area (Å²) in [4.78, 5) is 28.8. The number of carbonyl (C=O) groups is 1. The lowest BCUT2D eigenvalue weighted by atomic mass is 10.0. The van der Waals surface area contributed by atoms with E-state index in [-0.39, 0.29) is 12.2 Å². The Bertz CT molecular complexity index is 1890. The molecule has 44 heavy (non-hydrogen) atoms. The van der Waals surface area contributed by atoms with Crippen molar-refractivity contribution in [3.8, 4) is 22.6 Å². The number of ether oxygens (including phenoxy) is 3. The summed E-state index contributed by atoms with van der Waals surface area (Å²) in [6.07, 6.45) is 6.74. The van der Waals surface area contributed by atoms with Crippen molar-refractivity contribution in [3.05, 3.63) is 76.7 Å². The number of ketones is 1. The summed E-state index contributed by atoms with van der Waals surface area (Å²) in [5.41, 5.74) is 6.10. The van der Waals surface area contributed by atoms with Crippen LogP contribution in [0.15, 0.2) is 55.5 Å². The van der Waals surface area contributed by atoms with Crippen LogP contribution in [-0.4, -0.2) is 65.7 Å². The highest BCUT2D eigenvalue weighted by Crippen LogP contribution is 2.47. The SMILES string of the molecule is C=CC(=O)Cc1cc(N2CCOCC2)c(C)cc1Nc1ncc2cc(-c3c(Cl)c(OC)cc(OC)c3Cl)c3nccn3c2n1. The van der Waals surface area contributed by atoms with Gasteiger partial charge in [0.25, 0.3) is 0 Å². The second kappa shape index (κ2) is 12.3. The molecule has 0 radical (unpaired) electrons. The first-order chi connectivity index (χ1) is 21.3. The molecule has 226 valence electrons. The molecule has 12 heteroatoms. The maximum absolute atomic E-state index is 12.5. The van der Waals surface area contributed by atoms with Gasteiger partial charge in [-0.1, -0.05) is 29.8 Å². The van der Waals surface area contributed by atoms with Gasteiger partial charge in [0, 0.05) is 72.1 Å². The number of morpholine rings is 1. The molecule has 2 aromatic carbocycles. The zero-order valence-electron chi connectivity index (χ0n) is 24.5. The smallest absolute Gasteiger partial charge is 0.229 e. The van der Waals surface area contributed by atoms with E-state index >= 15 is 0 Å². The van der Waals surface area contributed by atoms with Crippen LogP contribution in [0.1, 0.15) is 11.1 Å². The maximum atomic E-state index is 12.5. The van der Waals surface area contributed by atoms with Crippen LogP contribution in [0.3, 0.4) is 0 Å². The van der Waals surface area contributed by atoms with Gasteiger partial charge in [-0.05, 0) is 42.3 Å². The molecule has 5 aromatic rings. The second-order valence-corrected chi connectivity index (χ2v) is 11.1. The number of pyridine rings is 1. The van der Waals surface area contributed by atoms with Crippen LogP contribution >= 0.6 is 23.2 Å². The van der Waals surface area contributed by atoms with E-state index in [1.165, 1.54) is 20.3 Å². The van der Waals surface area contributed by atoms with E-state index in [1.54, 1.807) is 18.5 Å². The Labute approximate surface area is 264 Å². The Morgan fingerprint density at radius 3 is 2.48 bits per heavy atom. The molecule has 0 amide bonds. The topological polar surface area (TPSA) is 103 Å². The third-order valence-corrected chi connectivity index (χ3v) is 8.41. The summed E-state index contributed by atoms with van der Waals surface area (Å²) >= 11 is 13.5. The molecule has 6 rings (SSSR count). The Hall–Kier alpha value is -4.38. The van der Waals surface area contributed by atoms with E-state index in [0.717, 1.165) is 41.0 Å². The summed E-state index contributed by atoms with van der Waals surface area (Å²) in [5, 5.41) is 4.75. The van der Waals surface area contributed by atoms with Crippen molar-refractivity contribution in [2.24, 2.45) is 0 Å². The lowest BCUT2D eigenvalue weighted by Crippen LogP contribution is -2.36. The molecule has 0 spiro atoms. The normalized spacial score (nSPS) is 13.3. The lowest BCUT2D eigenvalue weighted by molar-refractivity contribution is -0.114. The van der Waals surface area contributed by atoms with Gasteiger partial charge in [0.05, 0.1) is 37.5 Å². The minimum Gasteiger partial charge on any atom is -0.495 e. The Kier molecular flexibility index (Phi) is 8.31. The second-order valence-electron chi connectivity index (χ2n) is 10.3. The Balaban J connectivity index is 1.44. The number of carbonyl (C=O) groups excluding carboxylic acids is 1. The molecule has 0 saturated carbocycles. The van der Waals surface area contributed by atoms with E-state index < -0.39 is 0 Å². The van der Waals surface area contributed by atoms with E-state index in [2.05, 4.69) is 39.8 Å². The predicted octanol–water partition coefficient (Wildman–Crippen LogP) is 6.45. The summed E-state index contributed by atoms with van der Waals surface area (Å²) in [6, 6.07) is 7.62. The molecule has 0 unspecified atom stereocenters. The van der Waals surface area contributed by atoms with Crippen molar-refractivity contribution in [2.75, 3.05) is 50.7 Å². The van der Waals surface area contributed by atoms with Gasteiger partial charge in [0.2, 0.25) is 5.95 Å². The van der Waals surface area contributed by atoms with Crippen molar-refractivity contribution >= 4 is 63.0 Å². The molecule has 0 bridgehead atoms. The molecule has 1 N–H and O–H groups in total. The Morgan fingerprint density at radius 2 is 1.80 bits per heavy atom. The fraction of sp³-hybridized carbons (Fsp3) is 0.250. The van der Waals surface area contributed by atoms with Crippen LogP contribution < -0.4 is 19.7 Å². The van der Waals surface area contributed by atoms with Gasteiger partial charge in [0.1, 0.15) is 17.1 Å². The van der Waals surface area contributed by atoms with E-state index in [0.29, 0.717) is 63.1 Å². The molecule has 1 fully saturated rings. The van der Waals surface area contributed by atoms with E-state index in [1.807, 2.05) is 22.7 Å². The van der Waals surface area contributed by atoms with Crippen LogP contribution in [0.4, 0.5) is 17.3 Å². The predicted molar refractivity (Wildman–Crippen MR) is 173 cm³/mol. The number of rotatable bonds is 9. The van der Waals surface area contributed by atoms with Crippen molar-refractivity contribution in [3.63, 3.8) is 0 Å². The molecular weight excluding hydrogens is 603 g/mol. The van der Waals surface area contributed by atoms with Gasteiger partial charge in [-0.25, -0.2) is 9.97 Å². The number of benzene rings is 2. The number of fused-ring (bicyclic) bond motifs is 3. The number of allylic oxidation sites excluding steroid dienone is 1. The summed E-state index contributed by atoms with van der Waals surface area (Å²) in [6.45, 7) is 8.62. The number of halogens is 2. The zero-order valence-corrected chi connectivity index (χ0v) is 26.0. The molecular formula is C32H30Cl2N6O4. The van der Waals surface area contributed by atoms with Crippen molar-refractivity contribution < 1.29 is 19.0 Å². The van der Waals surface area contributed by atoms with Crippen LogP contribution in [0.25, 0.3) is 27.8 Å². The van der Waals surface area contributed by atoms with Gasteiger partial charge in [-0.2, -0.15) is 4.98 Å². The number of nitrogens with zero attached hydrogens (tertiary/aromatic N) is 5. The molecule has 3 aromatic heterocycles. The molecule has 1 saturated heterocycles. The summed E-state index contributed by atoms with van der Waals surface area (Å²) < 4.78 is 18.4. The number of imidazole rings is 1. The minimum absolute atomic E-state index is 0.0802. The van der Waals surface area contributed by atoms with Crippen LogP contribution in [0.5, 0.6) is 11.5 Å². The average molecular weight is 634 g/mol. The first-order valence-electron chi connectivity index (χ1n) is 13.9. The zero-order chi connectivity index (χ0) is 31.0. The summed E-state index contributed by atoms with van der Waals surface area (Å²) in [7, 11) is 3.06. The molecule has 1 aliphatic rings. The van der Waals surface area contributed by atoms with Gasteiger partial charge in [-0.15, -0.1) is 0 Å². The third kappa shape index (κ3) is 5.40. The molecule has 1 aliphatic heterocycles. The lowest BCUT2D eigenvalue weighted by Gasteiger charge is -2.31. The monoisotopic (exact) mass is 632 g/mol. The standard InChI is InChI=1S/C32H30Cl2N6O4/c1-5-21(41)13-19-15-24(39-8-10-44-11-9-39)18(2)12-23(19)37-32-36-17-20-14-22(31-35-6-7-40(31)30(20)38-32)27-28(33)25(42-3)16-26(43-4)29(27)34/h5-7,12,14-17H,1,8-11,13H2,2-4H3,(H,36,37,38). The van der Waals surface area contributed by atoms with E-state index in [9.17, 15) is 4.79 Å². The highest BCUT2D eigenvalue weighted by molar-refractivity contribution is 6.41. The van der Waals surface area contributed by atoms with Crippen LogP contribution in [-0.2, 0) is 16.0 Å². The molecule has 0 aliphatic carbocycles. The van der Waals surface area contributed by atoms with Crippen molar-refractivity contribution in [1.82, 2.24) is 19.4 Å². The maximum Gasteiger partial charge on any atom is 0.229 e. The summed E-state index contributed by atoms with van der Waals surface area (Å²) in [5.74, 6) is 1.13. The fourth-order valence-electron chi connectivity index (χ4n) is 5.46. The van der Waals surface area contributed by atoms with Gasteiger partial charge >= 0.3 is 0 Å². The Morgan fingerprint density at radius 1 is 1.07 bits per heavy atom. The number of aryl methyl sites for hydroxylation is 1. The first kappa shape index (κ1) is 29.7. The van der Waals surface area contributed by atoms with Gasteiger partial charge in [0.15, 0.2) is 11.4 Å².